The minimum absolute atomic E-state index is 0. The minimum atomic E-state index is -0.143. The van der Waals surface area contributed by atoms with Crippen molar-refractivity contribution in [1.82, 2.24) is 15.6 Å². The summed E-state index contributed by atoms with van der Waals surface area (Å²) >= 11 is 0. The van der Waals surface area contributed by atoms with Crippen LogP contribution < -0.4 is 10.6 Å². The highest BCUT2D eigenvalue weighted by Crippen LogP contribution is 2.48. The standard InChI is InChI=1S/C23H25FN4O.HI/c1-16-7-9-17(10-8-16)21-28-18(14-29-21)13-26-22(25-2)27-15-23(11-12-23)19-5-3-4-6-20(19)24;/h3-10,14H,11-13,15H2,1-2H3,(H2,25,26,27);1H. The van der Waals surface area contributed by atoms with Crippen LogP contribution in [0.25, 0.3) is 11.5 Å². The van der Waals surface area contributed by atoms with E-state index < -0.39 is 0 Å². The maximum absolute atomic E-state index is 14.2. The Hall–Kier alpha value is -2.42. The second-order valence-electron chi connectivity index (χ2n) is 7.55. The first-order chi connectivity index (χ1) is 14.1. The van der Waals surface area contributed by atoms with Crippen molar-refractivity contribution in [2.45, 2.75) is 31.7 Å². The van der Waals surface area contributed by atoms with E-state index in [0.29, 0.717) is 24.9 Å². The SMILES string of the molecule is CN=C(NCc1coc(-c2ccc(C)cc2)n1)NCC1(c2ccccc2F)CC1.I. The maximum Gasteiger partial charge on any atom is 0.226 e. The van der Waals surface area contributed by atoms with Gasteiger partial charge in [0.05, 0.1) is 12.2 Å². The lowest BCUT2D eigenvalue weighted by molar-refractivity contribution is 0.559. The number of oxazole rings is 1. The van der Waals surface area contributed by atoms with Gasteiger partial charge in [-0.25, -0.2) is 9.37 Å². The third-order valence-corrected chi connectivity index (χ3v) is 5.40. The van der Waals surface area contributed by atoms with Crippen LogP contribution in [0.1, 0.15) is 29.7 Å². The lowest BCUT2D eigenvalue weighted by Crippen LogP contribution is -2.41. The van der Waals surface area contributed by atoms with E-state index in [1.165, 1.54) is 11.6 Å². The molecule has 158 valence electrons. The zero-order valence-corrected chi connectivity index (χ0v) is 19.4. The Balaban J connectivity index is 0.00000256. The second kappa shape index (κ2) is 9.59. The first-order valence-corrected chi connectivity index (χ1v) is 9.81. The molecule has 0 amide bonds. The van der Waals surface area contributed by atoms with Gasteiger partial charge in [0, 0.05) is 24.6 Å². The van der Waals surface area contributed by atoms with Crippen molar-refractivity contribution in [1.29, 1.82) is 0 Å². The zero-order valence-electron chi connectivity index (χ0n) is 17.1. The molecule has 0 saturated heterocycles. The quantitative estimate of drug-likeness (QED) is 0.279. The fraction of sp³-hybridized carbons (Fsp3) is 0.304. The largest absolute Gasteiger partial charge is 0.444 e. The van der Waals surface area contributed by atoms with Gasteiger partial charge < -0.3 is 15.1 Å². The number of aliphatic imine (C=N–C) groups is 1. The van der Waals surface area contributed by atoms with Gasteiger partial charge in [0.2, 0.25) is 5.89 Å². The van der Waals surface area contributed by atoms with E-state index in [2.05, 4.69) is 20.6 Å². The number of aryl methyl sites for hydroxylation is 1. The van der Waals surface area contributed by atoms with E-state index in [1.54, 1.807) is 19.4 Å². The lowest BCUT2D eigenvalue weighted by atomic mass is 9.95. The molecule has 2 N–H and O–H groups in total. The Morgan fingerprint density at radius 1 is 1.13 bits per heavy atom. The number of benzene rings is 2. The van der Waals surface area contributed by atoms with E-state index in [1.807, 2.05) is 43.3 Å². The number of hydrogen-bond acceptors (Lipinski definition) is 3. The van der Waals surface area contributed by atoms with Gasteiger partial charge in [0.15, 0.2) is 5.96 Å². The first-order valence-electron chi connectivity index (χ1n) is 9.81. The first kappa shape index (κ1) is 22.3. The van der Waals surface area contributed by atoms with E-state index >= 15 is 0 Å². The monoisotopic (exact) mass is 520 g/mol. The molecule has 0 spiro atoms. The van der Waals surface area contributed by atoms with Crippen LogP contribution in [0.15, 0.2) is 64.2 Å². The van der Waals surface area contributed by atoms with Gasteiger partial charge in [-0.1, -0.05) is 35.9 Å². The van der Waals surface area contributed by atoms with Crippen LogP contribution in [-0.2, 0) is 12.0 Å². The van der Waals surface area contributed by atoms with Gasteiger partial charge in [-0.05, 0) is 43.5 Å². The molecule has 3 aromatic rings. The summed E-state index contributed by atoms with van der Waals surface area (Å²) in [5, 5.41) is 6.58. The van der Waals surface area contributed by atoms with Crippen LogP contribution in [-0.4, -0.2) is 24.5 Å². The van der Waals surface area contributed by atoms with Gasteiger partial charge >= 0.3 is 0 Å². The summed E-state index contributed by atoms with van der Waals surface area (Å²) in [5.41, 5.74) is 3.57. The highest BCUT2D eigenvalue weighted by atomic mass is 127. The number of aromatic nitrogens is 1. The van der Waals surface area contributed by atoms with Gasteiger partial charge in [-0.15, -0.1) is 24.0 Å². The van der Waals surface area contributed by atoms with Gasteiger partial charge in [-0.2, -0.15) is 0 Å². The number of halogens is 2. The molecule has 0 atom stereocenters. The number of guanidine groups is 1. The third-order valence-electron chi connectivity index (χ3n) is 5.40. The number of nitrogens with zero attached hydrogens (tertiary/aromatic N) is 2. The van der Waals surface area contributed by atoms with Crippen molar-refractivity contribution in [2.24, 2.45) is 4.99 Å². The summed E-state index contributed by atoms with van der Waals surface area (Å²) in [6.45, 7) is 3.17. The Kier molecular flexibility index (Phi) is 7.12. The van der Waals surface area contributed by atoms with Gasteiger partial charge in [0.1, 0.15) is 12.1 Å². The van der Waals surface area contributed by atoms with Crippen LogP contribution >= 0.6 is 24.0 Å². The summed E-state index contributed by atoms with van der Waals surface area (Å²) in [5.74, 6) is 1.12. The molecule has 1 aromatic heterocycles. The molecule has 0 bridgehead atoms. The summed E-state index contributed by atoms with van der Waals surface area (Å²) in [7, 11) is 1.72. The summed E-state index contributed by atoms with van der Waals surface area (Å²) in [4.78, 5) is 8.80. The van der Waals surface area contributed by atoms with E-state index in [4.69, 9.17) is 4.42 Å². The Morgan fingerprint density at radius 2 is 1.87 bits per heavy atom. The van der Waals surface area contributed by atoms with E-state index in [-0.39, 0.29) is 35.2 Å². The average molecular weight is 520 g/mol. The fourth-order valence-corrected chi connectivity index (χ4v) is 3.45. The summed E-state index contributed by atoms with van der Waals surface area (Å²) in [6, 6.07) is 15.1. The molecule has 0 aliphatic heterocycles. The predicted molar refractivity (Wildman–Crippen MR) is 128 cm³/mol. The van der Waals surface area contributed by atoms with Crippen LogP contribution in [0.4, 0.5) is 4.39 Å². The molecule has 4 rings (SSSR count). The highest BCUT2D eigenvalue weighted by Gasteiger charge is 2.45. The number of nitrogens with one attached hydrogen (secondary N) is 2. The molecular formula is C23H26FIN4O. The summed E-state index contributed by atoms with van der Waals surface area (Å²) < 4.78 is 19.8. The molecule has 1 fully saturated rings. The molecule has 1 aliphatic carbocycles. The molecule has 1 saturated carbocycles. The second-order valence-corrected chi connectivity index (χ2v) is 7.55. The molecular weight excluding hydrogens is 494 g/mol. The topological polar surface area (TPSA) is 62.5 Å². The van der Waals surface area contributed by atoms with Crippen LogP contribution in [0.2, 0.25) is 0 Å². The minimum Gasteiger partial charge on any atom is -0.444 e. The van der Waals surface area contributed by atoms with Crippen molar-refractivity contribution < 1.29 is 8.81 Å². The fourth-order valence-electron chi connectivity index (χ4n) is 3.45. The molecule has 1 aliphatic rings. The molecule has 2 aromatic carbocycles. The third kappa shape index (κ3) is 5.00. The van der Waals surface area contributed by atoms with Crippen molar-refractivity contribution in [2.75, 3.05) is 13.6 Å². The number of rotatable bonds is 6. The van der Waals surface area contributed by atoms with Crippen LogP contribution in [0, 0.1) is 12.7 Å². The van der Waals surface area contributed by atoms with E-state index in [0.717, 1.165) is 29.7 Å². The van der Waals surface area contributed by atoms with Crippen molar-refractivity contribution in [3.05, 3.63) is 77.4 Å². The van der Waals surface area contributed by atoms with Gasteiger partial charge in [0.25, 0.3) is 0 Å². The normalized spacial score (nSPS) is 14.7. The lowest BCUT2D eigenvalue weighted by Gasteiger charge is -2.19. The number of hydrogen-bond donors (Lipinski definition) is 2. The predicted octanol–water partition coefficient (Wildman–Crippen LogP) is 4.80. The average Bonchev–Trinajstić information content (AvgIpc) is 3.37. The molecule has 0 radical (unpaired) electrons. The summed E-state index contributed by atoms with van der Waals surface area (Å²) in [6.07, 6.45) is 3.60. The maximum atomic E-state index is 14.2. The highest BCUT2D eigenvalue weighted by molar-refractivity contribution is 14.0. The van der Waals surface area contributed by atoms with Gasteiger partial charge in [-0.3, -0.25) is 4.99 Å². The van der Waals surface area contributed by atoms with Crippen molar-refractivity contribution >= 4 is 29.9 Å². The van der Waals surface area contributed by atoms with Crippen molar-refractivity contribution in [3.63, 3.8) is 0 Å². The molecule has 30 heavy (non-hydrogen) atoms. The Morgan fingerprint density at radius 3 is 2.53 bits per heavy atom. The smallest absolute Gasteiger partial charge is 0.226 e. The van der Waals surface area contributed by atoms with Crippen molar-refractivity contribution in [3.8, 4) is 11.5 Å². The molecule has 5 nitrogen and oxygen atoms in total. The van der Waals surface area contributed by atoms with Crippen LogP contribution in [0.3, 0.4) is 0 Å². The zero-order chi connectivity index (χ0) is 20.3. The molecule has 1 heterocycles. The molecule has 0 unspecified atom stereocenters. The Bertz CT molecular complexity index is 1010. The molecule has 7 heteroatoms. The van der Waals surface area contributed by atoms with Crippen LogP contribution in [0.5, 0.6) is 0 Å². The van der Waals surface area contributed by atoms with E-state index in [9.17, 15) is 4.39 Å². The Labute approximate surface area is 193 Å².